The molecule has 0 atom stereocenters. The molecule has 8 heteroatoms. The number of rotatable bonds is 2. The number of benzene rings is 1. The van der Waals surface area contributed by atoms with Crippen molar-refractivity contribution in [3.8, 4) is 11.8 Å². The van der Waals surface area contributed by atoms with E-state index in [1.165, 1.54) is 24.3 Å². The van der Waals surface area contributed by atoms with Crippen LogP contribution in [0.1, 0.15) is 16.8 Å². The minimum absolute atomic E-state index is 0.263. The largest absolute Gasteiger partial charge is 0.435 e. The Labute approximate surface area is 116 Å². The Morgan fingerprint density at radius 2 is 1.90 bits per heavy atom. The van der Waals surface area contributed by atoms with Crippen LogP contribution in [-0.2, 0) is 12.8 Å². The standard InChI is InChI=1S/C12H7ClF3N3O/c13-11-9(6-20)10(12(14,15)16)18-19(11)8-3-1-7(5-17)2-4-8/h1-4,20H,6H2. The Kier molecular flexibility index (Phi) is 3.70. The average molecular weight is 302 g/mol. The minimum Gasteiger partial charge on any atom is -0.391 e. The van der Waals surface area contributed by atoms with E-state index < -0.39 is 24.0 Å². The lowest BCUT2D eigenvalue weighted by Crippen LogP contribution is -2.09. The molecule has 0 bridgehead atoms. The topological polar surface area (TPSA) is 61.8 Å². The molecule has 1 N–H and O–H groups in total. The van der Waals surface area contributed by atoms with Crippen LogP contribution in [0.2, 0.25) is 5.15 Å². The van der Waals surface area contributed by atoms with E-state index in [2.05, 4.69) is 5.10 Å². The molecule has 20 heavy (non-hydrogen) atoms. The Bertz CT molecular complexity index is 671. The van der Waals surface area contributed by atoms with Gasteiger partial charge in [0.05, 0.1) is 23.9 Å². The van der Waals surface area contributed by atoms with Crippen molar-refractivity contribution < 1.29 is 18.3 Å². The fourth-order valence-electron chi connectivity index (χ4n) is 1.65. The van der Waals surface area contributed by atoms with Crippen molar-refractivity contribution in [3.63, 3.8) is 0 Å². The maximum Gasteiger partial charge on any atom is 0.435 e. The summed E-state index contributed by atoms with van der Waals surface area (Å²) in [5.74, 6) is 0. The summed E-state index contributed by atoms with van der Waals surface area (Å²) in [6, 6.07) is 7.58. The molecule has 0 aliphatic heterocycles. The molecule has 0 saturated heterocycles. The predicted octanol–water partition coefficient (Wildman–Crippen LogP) is 2.91. The third-order valence-electron chi connectivity index (χ3n) is 2.59. The number of aliphatic hydroxyl groups is 1. The van der Waals surface area contributed by atoms with Gasteiger partial charge in [-0.05, 0) is 24.3 Å². The highest BCUT2D eigenvalue weighted by atomic mass is 35.5. The van der Waals surface area contributed by atoms with Crippen LogP contribution in [0.15, 0.2) is 24.3 Å². The van der Waals surface area contributed by atoms with E-state index in [9.17, 15) is 13.2 Å². The Hall–Kier alpha value is -2.04. The number of nitriles is 1. The summed E-state index contributed by atoms with van der Waals surface area (Å²) in [4.78, 5) is 0. The van der Waals surface area contributed by atoms with Crippen molar-refractivity contribution in [1.82, 2.24) is 9.78 Å². The maximum absolute atomic E-state index is 12.8. The Balaban J connectivity index is 2.57. The molecule has 0 aliphatic carbocycles. The van der Waals surface area contributed by atoms with E-state index in [0.717, 1.165) is 4.68 Å². The quantitative estimate of drug-likeness (QED) is 0.927. The van der Waals surface area contributed by atoms with Crippen LogP contribution in [-0.4, -0.2) is 14.9 Å². The molecular formula is C12H7ClF3N3O. The smallest absolute Gasteiger partial charge is 0.391 e. The summed E-state index contributed by atoms with van der Waals surface area (Å²) < 4.78 is 39.2. The van der Waals surface area contributed by atoms with Crippen molar-refractivity contribution in [2.75, 3.05) is 0 Å². The second-order valence-electron chi connectivity index (χ2n) is 3.84. The van der Waals surface area contributed by atoms with Crippen molar-refractivity contribution in [3.05, 3.63) is 46.2 Å². The third kappa shape index (κ3) is 2.48. The number of nitrogens with zero attached hydrogens (tertiary/aromatic N) is 3. The van der Waals surface area contributed by atoms with Crippen LogP contribution < -0.4 is 0 Å². The summed E-state index contributed by atoms with van der Waals surface area (Å²) in [6.45, 7) is -0.871. The SMILES string of the molecule is N#Cc1ccc(-n2nc(C(F)(F)F)c(CO)c2Cl)cc1. The predicted molar refractivity (Wildman–Crippen MR) is 64.2 cm³/mol. The highest BCUT2D eigenvalue weighted by Gasteiger charge is 2.38. The first-order valence-electron chi connectivity index (χ1n) is 5.34. The lowest BCUT2D eigenvalue weighted by Gasteiger charge is -2.03. The molecule has 1 aromatic heterocycles. The van der Waals surface area contributed by atoms with Crippen LogP contribution in [0.3, 0.4) is 0 Å². The Morgan fingerprint density at radius 1 is 1.30 bits per heavy atom. The van der Waals surface area contributed by atoms with Gasteiger partial charge in [-0.3, -0.25) is 0 Å². The zero-order valence-electron chi connectivity index (χ0n) is 9.82. The van der Waals surface area contributed by atoms with E-state index in [1.54, 1.807) is 0 Å². The molecular weight excluding hydrogens is 295 g/mol. The van der Waals surface area contributed by atoms with Gasteiger partial charge in [0.25, 0.3) is 0 Å². The van der Waals surface area contributed by atoms with Crippen molar-refractivity contribution >= 4 is 11.6 Å². The second kappa shape index (κ2) is 5.15. The summed E-state index contributed by atoms with van der Waals surface area (Å²) in [5, 5.41) is 20.8. The highest BCUT2D eigenvalue weighted by molar-refractivity contribution is 6.30. The van der Waals surface area contributed by atoms with Crippen LogP contribution in [0.25, 0.3) is 5.69 Å². The Morgan fingerprint density at radius 3 is 2.30 bits per heavy atom. The van der Waals surface area contributed by atoms with Crippen LogP contribution in [0, 0.1) is 11.3 Å². The van der Waals surface area contributed by atoms with Gasteiger partial charge in [-0.15, -0.1) is 0 Å². The number of hydrogen-bond acceptors (Lipinski definition) is 3. The van der Waals surface area contributed by atoms with Crippen molar-refractivity contribution in [2.24, 2.45) is 0 Å². The van der Waals surface area contributed by atoms with Crippen LogP contribution in [0.5, 0.6) is 0 Å². The van der Waals surface area contributed by atoms with Crippen molar-refractivity contribution in [2.45, 2.75) is 12.8 Å². The fourth-order valence-corrected chi connectivity index (χ4v) is 1.93. The van der Waals surface area contributed by atoms with Gasteiger partial charge in [0.2, 0.25) is 0 Å². The van der Waals surface area contributed by atoms with Crippen LogP contribution in [0.4, 0.5) is 13.2 Å². The molecule has 0 amide bonds. The maximum atomic E-state index is 12.8. The molecule has 1 aromatic carbocycles. The molecule has 104 valence electrons. The number of aromatic nitrogens is 2. The first-order chi connectivity index (χ1) is 9.38. The molecule has 2 aromatic rings. The molecule has 4 nitrogen and oxygen atoms in total. The number of alkyl halides is 3. The van der Waals surface area contributed by atoms with Gasteiger partial charge in [0.15, 0.2) is 5.69 Å². The lowest BCUT2D eigenvalue weighted by atomic mass is 10.2. The zero-order valence-corrected chi connectivity index (χ0v) is 10.6. The normalized spacial score (nSPS) is 11.4. The van der Waals surface area contributed by atoms with Crippen molar-refractivity contribution in [1.29, 1.82) is 5.26 Å². The first-order valence-corrected chi connectivity index (χ1v) is 5.72. The molecule has 0 aliphatic rings. The van der Waals surface area contributed by atoms with Gasteiger partial charge in [0.1, 0.15) is 5.15 Å². The lowest BCUT2D eigenvalue weighted by molar-refractivity contribution is -0.142. The minimum atomic E-state index is -4.71. The van der Waals surface area contributed by atoms with Gasteiger partial charge in [-0.2, -0.15) is 23.5 Å². The molecule has 0 unspecified atom stereocenters. The highest BCUT2D eigenvalue weighted by Crippen LogP contribution is 2.35. The van der Waals surface area contributed by atoms with Gasteiger partial charge in [-0.25, -0.2) is 4.68 Å². The number of aliphatic hydroxyl groups excluding tert-OH is 1. The van der Waals surface area contributed by atoms with Gasteiger partial charge < -0.3 is 5.11 Å². The number of halogens is 4. The van der Waals surface area contributed by atoms with E-state index >= 15 is 0 Å². The monoisotopic (exact) mass is 301 g/mol. The molecule has 0 saturated carbocycles. The van der Waals surface area contributed by atoms with E-state index in [1.807, 2.05) is 6.07 Å². The zero-order chi connectivity index (χ0) is 14.9. The first kappa shape index (κ1) is 14.4. The molecule has 0 radical (unpaired) electrons. The average Bonchev–Trinajstić information content (AvgIpc) is 2.76. The molecule has 2 rings (SSSR count). The van der Waals surface area contributed by atoms with Gasteiger partial charge in [0, 0.05) is 5.56 Å². The second-order valence-corrected chi connectivity index (χ2v) is 4.20. The molecule has 1 heterocycles. The fraction of sp³-hybridized carbons (Fsp3) is 0.167. The van der Waals surface area contributed by atoms with E-state index in [4.69, 9.17) is 22.0 Å². The third-order valence-corrected chi connectivity index (χ3v) is 2.98. The van der Waals surface area contributed by atoms with Gasteiger partial charge >= 0.3 is 6.18 Å². The van der Waals surface area contributed by atoms with E-state index in [0.29, 0.717) is 5.56 Å². The summed E-state index contributed by atoms with van der Waals surface area (Å²) >= 11 is 5.82. The van der Waals surface area contributed by atoms with Crippen LogP contribution >= 0.6 is 11.6 Å². The molecule has 0 fully saturated rings. The summed E-state index contributed by atoms with van der Waals surface area (Å²) in [5.41, 5.74) is -1.09. The number of hydrogen-bond donors (Lipinski definition) is 1. The molecule has 0 spiro atoms. The summed E-state index contributed by atoms with van der Waals surface area (Å²) in [6.07, 6.45) is -4.71. The van der Waals surface area contributed by atoms with E-state index in [-0.39, 0.29) is 10.8 Å². The van der Waals surface area contributed by atoms with Gasteiger partial charge in [-0.1, -0.05) is 11.6 Å². The summed E-state index contributed by atoms with van der Waals surface area (Å²) in [7, 11) is 0.